The number of urea groups is 1. The molecule has 1 saturated heterocycles. The minimum absolute atomic E-state index is 0.0211. The normalized spacial score (nSPS) is 14.6. The van der Waals surface area contributed by atoms with Crippen molar-refractivity contribution in [3.63, 3.8) is 0 Å². The summed E-state index contributed by atoms with van der Waals surface area (Å²) in [7, 11) is 1.63. The third kappa shape index (κ3) is 4.49. The molecule has 1 fully saturated rings. The Bertz CT molecular complexity index is 1120. The monoisotopic (exact) mass is 457 g/mol. The van der Waals surface area contributed by atoms with Gasteiger partial charge in [-0.1, -0.05) is 17.7 Å². The molecule has 1 aliphatic rings. The summed E-state index contributed by atoms with van der Waals surface area (Å²) in [6.45, 7) is 7.60. The van der Waals surface area contributed by atoms with Crippen molar-refractivity contribution < 1.29 is 9.53 Å². The summed E-state index contributed by atoms with van der Waals surface area (Å²) in [5.74, 6) is 1.41. The van der Waals surface area contributed by atoms with Crippen LogP contribution in [0.5, 0.6) is 0 Å². The lowest BCUT2D eigenvalue weighted by Gasteiger charge is -2.24. The summed E-state index contributed by atoms with van der Waals surface area (Å²) in [6.07, 6.45) is 0.851. The second-order valence-corrected chi connectivity index (χ2v) is 8.17. The highest BCUT2D eigenvalue weighted by atomic mass is 35.5. The van der Waals surface area contributed by atoms with E-state index in [4.69, 9.17) is 31.4 Å². The van der Waals surface area contributed by atoms with Gasteiger partial charge in [0.2, 0.25) is 0 Å². The fourth-order valence-electron chi connectivity index (χ4n) is 4.01. The molecule has 0 atom stereocenters. The Morgan fingerprint density at radius 2 is 2.06 bits per heavy atom. The van der Waals surface area contributed by atoms with Gasteiger partial charge >= 0.3 is 6.03 Å². The third-order valence-corrected chi connectivity index (χ3v) is 5.70. The van der Waals surface area contributed by atoms with Crippen LogP contribution in [0, 0.1) is 6.92 Å². The van der Waals surface area contributed by atoms with Crippen molar-refractivity contribution in [2.45, 2.75) is 26.9 Å². The number of carbonyl (C=O) groups excluding carboxylic acids is 1. The number of benzene rings is 1. The highest BCUT2D eigenvalue weighted by molar-refractivity contribution is 6.30. The number of ether oxygens (including phenoxy) is 1. The van der Waals surface area contributed by atoms with E-state index < -0.39 is 0 Å². The third-order valence-electron chi connectivity index (χ3n) is 5.47. The van der Waals surface area contributed by atoms with Gasteiger partial charge in [-0.15, -0.1) is 0 Å². The van der Waals surface area contributed by atoms with Crippen molar-refractivity contribution in [3.8, 4) is 5.69 Å². The van der Waals surface area contributed by atoms with Crippen molar-refractivity contribution in [1.82, 2.24) is 30.0 Å². The number of rotatable bonds is 5. The zero-order chi connectivity index (χ0) is 22.7. The Balaban J connectivity index is 1.76. The maximum atomic E-state index is 12.3. The van der Waals surface area contributed by atoms with E-state index in [0.717, 1.165) is 35.6 Å². The molecule has 0 bridgehead atoms. The van der Waals surface area contributed by atoms with Crippen LogP contribution in [-0.2, 0) is 11.3 Å². The molecule has 1 aliphatic heterocycles. The van der Waals surface area contributed by atoms with Gasteiger partial charge in [0.1, 0.15) is 12.4 Å². The number of carbonyl (C=O) groups is 1. The van der Waals surface area contributed by atoms with Crippen LogP contribution >= 0.6 is 11.6 Å². The second-order valence-electron chi connectivity index (χ2n) is 7.74. The number of amides is 2. The predicted octanol–water partition coefficient (Wildman–Crippen LogP) is 3.17. The first-order valence-corrected chi connectivity index (χ1v) is 11.2. The number of aromatic nitrogens is 4. The standard InChI is InChI=1S/C22H28ClN7O2/c1-4-24-22(31)29-10-6-9-28(11-12-29)20-19-15(2)27-30(17-8-5-7-16(23)13-17)21(19)26-18(25-20)14-32-3/h5,7-8,13H,4,6,9-12,14H2,1-3H3,(H,24,31). The number of hydrogen-bond donors (Lipinski definition) is 1. The van der Waals surface area contributed by atoms with E-state index in [9.17, 15) is 4.79 Å². The number of anilines is 1. The summed E-state index contributed by atoms with van der Waals surface area (Å²) in [6, 6.07) is 7.52. The van der Waals surface area contributed by atoms with Crippen LogP contribution in [0.2, 0.25) is 5.02 Å². The van der Waals surface area contributed by atoms with Crippen LogP contribution in [0.3, 0.4) is 0 Å². The molecule has 10 heteroatoms. The van der Waals surface area contributed by atoms with Gasteiger partial charge in [-0.25, -0.2) is 19.4 Å². The molecular formula is C22H28ClN7O2. The van der Waals surface area contributed by atoms with Crippen LogP contribution in [0.15, 0.2) is 24.3 Å². The molecule has 0 radical (unpaired) electrons. The SMILES string of the molecule is CCNC(=O)N1CCCN(c2nc(COC)nc3c2c(C)nn3-c2cccc(Cl)c2)CC1. The fourth-order valence-corrected chi connectivity index (χ4v) is 4.20. The number of methoxy groups -OCH3 is 1. The maximum absolute atomic E-state index is 12.3. The van der Waals surface area contributed by atoms with Gasteiger partial charge in [0.05, 0.1) is 16.8 Å². The van der Waals surface area contributed by atoms with Gasteiger partial charge in [-0.2, -0.15) is 5.10 Å². The van der Waals surface area contributed by atoms with E-state index in [-0.39, 0.29) is 6.03 Å². The molecular weight excluding hydrogens is 430 g/mol. The first-order chi connectivity index (χ1) is 15.5. The van der Waals surface area contributed by atoms with Crippen molar-refractivity contribution in [1.29, 1.82) is 0 Å². The first kappa shape index (κ1) is 22.3. The minimum Gasteiger partial charge on any atom is -0.377 e. The van der Waals surface area contributed by atoms with Gasteiger partial charge in [-0.05, 0) is 38.5 Å². The van der Waals surface area contributed by atoms with Crippen LogP contribution < -0.4 is 10.2 Å². The van der Waals surface area contributed by atoms with Crippen molar-refractivity contribution in [2.75, 3.05) is 44.7 Å². The largest absolute Gasteiger partial charge is 0.377 e. The van der Waals surface area contributed by atoms with Crippen LogP contribution in [-0.4, -0.2) is 70.5 Å². The molecule has 32 heavy (non-hydrogen) atoms. The Morgan fingerprint density at radius 1 is 1.22 bits per heavy atom. The van der Waals surface area contributed by atoms with Gasteiger partial charge in [0.15, 0.2) is 11.5 Å². The smallest absolute Gasteiger partial charge is 0.317 e. The molecule has 0 aliphatic carbocycles. The van der Waals surface area contributed by atoms with Crippen LogP contribution in [0.4, 0.5) is 10.6 Å². The van der Waals surface area contributed by atoms with E-state index >= 15 is 0 Å². The van der Waals surface area contributed by atoms with Crippen LogP contribution in [0.25, 0.3) is 16.7 Å². The van der Waals surface area contributed by atoms with E-state index in [2.05, 4.69) is 10.2 Å². The summed E-state index contributed by atoms with van der Waals surface area (Å²) in [5, 5.41) is 9.18. The molecule has 170 valence electrons. The molecule has 0 saturated carbocycles. The zero-order valence-electron chi connectivity index (χ0n) is 18.6. The Kier molecular flexibility index (Phi) is 6.76. The lowest BCUT2D eigenvalue weighted by atomic mass is 10.2. The molecule has 2 aromatic heterocycles. The van der Waals surface area contributed by atoms with E-state index in [1.807, 2.05) is 43.0 Å². The summed E-state index contributed by atoms with van der Waals surface area (Å²) in [5.41, 5.74) is 2.39. The van der Waals surface area contributed by atoms with E-state index in [0.29, 0.717) is 49.3 Å². The predicted molar refractivity (Wildman–Crippen MR) is 125 cm³/mol. The van der Waals surface area contributed by atoms with Crippen LogP contribution in [0.1, 0.15) is 24.9 Å². The van der Waals surface area contributed by atoms with E-state index in [1.165, 1.54) is 0 Å². The lowest BCUT2D eigenvalue weighted by molar-refractivity contribution is 0.178. The number of hydrogen-bond acceptors (Lipinski definition) is 6. The average Bonchev–Trinajstić information content (AvgIpc) is 2.95. The summed E-state index contributed by atoms with van der Waals surface area (Å²) < 4.78 is 7.14. The average molecular weight is 458 g/mol. The Labute approximate surface area is 192 Å². The van der Waals surface area contributed by atoms with Gasteiger partial charge in [-0.3, -0.25) is 0 Å². The number of nitrogens with one attached hydrogen (secondary N) is 1. The molecule has 1 N–H and O–H groups in total. The van der Waals surface area contributed by atoms with Crippen molar-refractivity contribution >= 4 is 34.5 Å². The molecule has 4 rings (SSSR count). The molecule has 9 nitrogen and oxygen atoms in total. The fraction of sp³-hybridized carbons (Fsp3) is 0.455. The maximum Gasteiger partial charge on any atom is 0.317 e. The van der Waals surface area contributed by atoms with Gasteiger partial charge in [0, 0.05) is 44.9 Å². The molecule has 0 unspecified atom stereocenters. The topological polar surface area (TPSA) is 88.4 Å². The second kappa shape index (κ2) is 9.70. The highest BCUT2D eigenvalue weighted by Gasteiger charge is 2.25. The van der Waals surface area contributed by atoms with Crippen molar-refractivity contribution in [3.05, 3.63) is 40.8 Å². The number of aryl methyl sites for hydroxylation is 1. The highest BCUT2D eigenvalue weighted by Crippen LogP contribution is 2.30. The van der Waals surface area contributed by atoms with Gasteiger partial charge < -0.3 is 19.9 Å². The van der Waals surface area contributed by atoms with E-state index in [1.54, 1.807) is 11.8 Å². The number of nitrogens with zero attached hydrogens (tertiary/aromatic N) is 6. The quantitative estimate of drug-likeness (QED) is 0.633. The molecule has 2 amide bonds. The molecule has 1 aromatic carbocycles. The first-order valence-electron chi connectivity index (χ1n) is 10.8. The number of fused-ring (bicyclic) bond motifs is 1. The summed E-state index contributed by atoms with van der Waals surface area (Å²) >= 11 is 6.23. The Morgan fingerprint density at radius 3 is 2.81 bits per heavy atom. The minimum atomic E-state index is -0.0211. The lowest BCUT2D eigenvalue weighted by Crippen LogP contribution is -2.42. The summed E-state index contributed by atoms with van der Waals surface area (Å²) in [4.78, 5) is 26.0. The Hall–Kier alpha value is -2.91. The number of halogens is 1. The van der Waals surface area contributed by atoms with Gasteiger partial charge in [0.25, 0.3) is 0 Å². The van der Waals surface area contributed by atoms with Crippen molar-refractivity contribution in [2.24, 2.45) is 0 Å². The molecule has 3 aromatic rings. The molecule has 0 spiro atoms. The molecule has 3 heterocycles. The zero-order valence-corrected chi connectivity index (χ0v) is 19.4.